The second-order valence-electron chi connectivity index (χ2n) is 4.07. The molecule has 18 heavy (non-hydrogen) atoms. The first kappa shape index (κ1) is 14.8. The van der Waals surface area contributed by atoms with Crippen molar-refractivity contribution in [3.05, 3.63) is 34.3 Å². The molecular formula is C11H10ClF4NO. The lowest BCUT2D eigenvalue weighted by molar-refractivity contribution is -0.137. The molecule has 7 heteroatoms. The zero-order chi connectivity index (χ0) is 14.1. The second-order valence-corrected chi connectivity index (χ2v) is 4.50. The normalized spacial score (nSPS) is 15.2. The first-order valence-electron chi connectivity index (χ1n) is 4.88. The zero-order valence-electron chi connectivity index (χ0n) is 9.31. The van der Waals surface area contributed by atoms with E-state index in [2.05, 4.69) is 0 Å². The number of rotatable bonds is 3. The summed E-state index contributed by atoms with van der Waals surface area (Å²) in [7, 11) is 0. The van der Waals surface area contributed by atoms with Crippen LogP contribution in [-0.4, -0.2) is 5.91 Å². The van der Waals surface area contributed by atoms with Gasteiger partial charge in [-0.3, -0.25) is 4.79 Å². The molecule has 0 aromatic heterocycles. The summed E-state index contributed by atoms with van der Waals surface area (Å²) in [5.74, 6) is -0.950. The molecule has 0 aliphatic carbocycles. The van der Waals surface area contributed by atoms with Gasteiger partial charge in [-0.15, -0.1) is 0 Å². The number of hydrogen-bond acceptors (Lipinski definition) is 1. The van der Waals surface area contributed by atoms with Gasteiger partial charge in [0.05, 0.1) is 12.0 Å². The molecular weight excluding hydrogens is 274 g/mol. The minimum atomic E-state index is -4.64. The maximum Gasteiger partial charge on any atom is 0.416 e. The zero-order valence-corrected chi connectivity index (χ0v) is 10.1. The Labute approximate surface area is 106 Å². The Balaban J connectivity index is 3.25. The number of amides is 1. The molecule has 0 saturated carbocycles. The van der Waals surface area contributed by atoms with Gasteiger partial charge in [0, 0.05) is 5.02 Å². The van der Waals surface area contributed by atoms with E-state index >= 15 is 0 Å². The molecule has 0 radical (unpaired) electrons. The van der Waals surface area contributed by atoms with Crippen LogP contribution in [0.25, 0.3) is 0 Å². The van der Waals surface area contributed by atoms with Crippen molar-refractivity contribution in [2.45, 2.75) is 25.2 Å². The molecule has 0 bridgehead atoms. The standard InChI is InChI=1S/C11H10ClF4NO/c1-10(13,5-9(17)18)6-2-7(11(14,15)16)4-8(12)3-6/h2-4H,5H2,1H3,(H2,17,18)/t10-/m1/s1. The molecule has 100 valence electrons. The summed E-state index contributed by atoms with van der Waals surface area (Å²) < 4.78 is 51.7. The Morgan fingerprint density at radius 3 is 2.17 bits per heavy atom. The van der Waals surface area contributed by atoms with Crippen molar-refractivity contribution >= 4 is 17.5 Å². The molecule has 0 fully saturated rings. The van der Waals surface area contributed by atoms with Gasteiger partial charge in [-0.2, -0.15) is 13.2 Å². The molecule has 0 spiro atoms. The molecule has 1 rings (SSSR count). The Hall–Kier alpha value is -1.30. The van der Waals surface area contributed by atoms with Gasteiger partial charge in [-0.25, -0.2) is 4.39 Å². The van der Waals surface area contributed by atoms with Crippen molar-refractivity contribution in [2.75, 3.05) is 0 Å². The van der Waals surface area contributed by atoms with Crippen LogP contribution in [0.3, 0.4) is 0 Å². The van der Waals surface area contributed by atoms with Gasteiger partial charge in [-0.1, -0.05) is 11.6 Å². The maximum atomic E-state index is 14.1. The third kappa shape index (κ3) is 3.60. The number of primary amides is 1. The van der Waals surface area contributed by atoms with Crippen LogP contribution in [0, 0.1) is 0 Å². The highest BCUT2D eigenvalue weighted by atomic mass is 35.5. The van der Waals surface area contributed by atoms with Gasteiger partial charge in [-0.05, 0) is 30.7 Å². The number of hydrogen-bond donors (Lipinski definition) is 1. The third-order valence-corrected chi connectivity index (χ3v) is 2.55. The predicted octanol–water partition coefficient (Wildman–Crippen LogP) is 3.42. The van der Waals surface area contributed by atoms with Crippen LogP contribution < -0.4 is 5.73 Å². The van der Waals surface area contributed by atoms with E-state index in [1.807, 2.05) is 0 Å². The van der Waals surface area contributed by atoms with Crippen LogP contribution in [0.1, 0.15) is 24.5 Å². The van der Waals surface area contributed by atoms with E-state index in [1.54, 1.807) is 0 Å². The summed E-state index contributed by atoms with van der Waals surface area (Å²) in [4.78, 5) is 10.7. The first-order chi connectivity index (χ1) is 8.02. The Kier molecular flexibility index (Phi) is 3.90. The average Bonchev–Trinajstić information content (AvgIpc) is 2.13. The average molecular weight is 284 g/mol. The van der Waals surface area contributed by atoms with E-state index in [4.69, 9.17) is 17.3 Å². The summed E-state index contributed by atoms with van der Waals surface area (Å²) >= 11 is 5.52. The Morgan fingerprint density at radius 1 is 1.22 bits per heavy atom. The Bertz CT molecular complexity index is 471. The largest absolute Gasteiger partial charge is 0.416 e. The van der Waals surface area contributed by atoms with E-state index in [1.165, 1.54) is 0 Å². The summed E-state index contributed by atoms with van der Waals surface area (Å²) in [5, 5.41) is -0.256. The lowest BCUT2D eigenvalue weighted by Gasteiger charge is -2.21. The van der Waals surface area contributed by atoms with Gasteiger partial charge in [0.1, 0.15) is 5.67 Å². The topological polar surface area (TPSA) is 43.1 Å². The molecule has 0 aliphatic rings. The fourth-order valence-corrected chi connectivity index (χ4v) is 1.72. The molecule has 0 unspecified atom stereocenters. The minimum Gasteiger partial charge on any atom is -0.370 e. The Morgan fingerprint density at radius 2 is 1.72 bits per heavy atom. The number of nitrogens with two attached hydrogens (primary N) is 1. The summed E-state index contributed by atoms with van der Waals surface area (Å²) in [6.07, 6.45) is -5.35. The molecule has 1 aromatic rings. The minimum absolute atomic E-state index is 0.256. The number of alkyl halides is 4. The van der Waals surface area contributed by atoms with Crippen LogP contribution in [0.5, 0.6) is 0 Å². The molecule has 1 aromatic carbocycles. The van der Waals surface area contributed by atoms with Crippen LogP contribution in [-0.2, 0) is 16.6 Å². The van der Waals surface area contributed by atoms with Gasteiger partial charge in [0.2, 0.25) is 5.91 Å². The van der Waals surface area contributed by atoms with Crippen molar-refractivity contribution in [3.63, 3.8) is 0 Å². The summed E-state index contributed by atoms with van der Waals surface area (Å²) in [6, 6.07) is 2.35. The fourth-order valence-electron chi connectivity index (χ4n) is 1.48. The molecule has 2 N–H and O–H groups in total. The molecule has 0 heterocycles. The van der Waals surface area contributed by atoms with E-state index in [0.29, 0.717) is 12.1 Å². The highest BCUT2D eigenvalue weighted by Crippen LogP contribution is 2.37. The number of benzene rings is 1. The summed E-state index contributed by atoms with van der Waals surface area (Å²) in [5.41, 5.74) is 1.15. The van der Waals surface area contributed by atoms with Crippen LogP contribution >= 0.6 is 11.6 Å². The quantitative estimate of drug-likeness (QED) is 0.849. The van der Waals surface area contributed by atoms with E-state index in [0.717, 1.165) is 13.0 Å². The molecule has 2 nitrogen and oxygen atoms in total. The van der Waals surface area contributed by atoms with Gasteiger partial charge in [0.15, 0.2) is 0 Å². The van der Waals surface area contributed by atoms with Crippen molar-refractivity contribution in [3.8, 4) is 0 Å². The van der Waals surface area contributed by atoms with Crippen molar-refractivity contribution in [2.24, 2.45) is 5.73 Å². The third-order valence-electron chi connectivity index (χ3n) is 2.33. The van der Waals surface area contributed by atoms with Crippen LogP contribution in [0.15, 0.2) is 18.2 Å². The van der Waals surface area contributed by atoms with Gasteiger partial charge in [0.25, 0.3) is 0 Å². The van der Waals surface area contributed by atoms with Crippen LogP contribution in [0.2, 0.25) is 5.02 Å². The SMILES string of the molecule is C[C@@](F)(CC(N)=O)c1cc(Cl)cc(C(F)(F)F)c1. The van der Waals surface area contributed by atoms with E-state index in [9.17, 15) is 22.4 Å². The van der Waals surface area contributed by atoms with Crippen molar-refractivity contribution in [1.29, 1.82) is 0 Å². The fraction of sp³-hybridized carbons (Fsp3) is 0.364. The number of carbonyl (C=O) groups is 1. The lowest BCUT2D eigenvalue weighted by Crippen LogP contribution is -2.25. The van der Waals surface area contributed by atoms with Crippen molar-refractivity contribution in [1.82, 2.24) is 0 Å². The summed E-state index contributed by atoms with van der Waals surface area (Å²) in [6.45, 7) is 0.976. The molecule has 0 saturated heterocycles. The first-order valence-corrected chi connectivity index (χ1v) is 5.25. The smallest absolute Gasteiger partial charge is 0.370 e. The molecule has 0 aliphatic heterocycles. The molecule has 1 amide bonds. The lowest BCUT2D eigenvalue weighted by atomic mass is 9.92. The number of halogens is 5. The number of carbonyl (C=O) groups excluding carboxylic acids is 1. The van der Waals surface area contributed by atoms with Gasteiger partial charge < -0.3 is 5.73 Å². The van der Waals surface area contributed by atoms with E-state index in [-0.39, 0.29) is 10.6 Å². The van der Waals surface area contributed by atoms with E-state index < -0.39 is 29.7 Å². The second kappa shape index (κ2) is 4.76. The van der Waals surface area contributed by atoms with Crippen LogP contribution in [0.4, 0.5) is 17.6 Å². The molecule has 1 atom stereocenters. The monoisotopic (exact) mass is 283 g/mol. The highest BCUT2D eigenvalue weighted by Gasteiger charge is 2.35. The predicted molar refractivity (Wildman–Crippen MR) is 58.7 cm³/mol. The maximum absolute atomic E-state index is 14.1. The van der Waals surface area contributed by atoms with Crippen molar-refractivity contribution < 1.29 is 22.4 Å². The highest BCUT2D eigenvalue weighted by molar-refractivity contribution is 6.30. The van der Waals surface area contributed by atoms with Gasteiger partial charge >= 0.3 is 6.18 Å².